The van der Waals surface area contributed by atoms with Crippen molar-refractivity contribution in [1.29, 1.82) is 0 Å². The summed E-state index contributed by atoms with van der Waals surface area (Å²) in [4.78, 5) is 10.1. The highest BCUT2D eigenvalue weighted by Gasteiger charge is 1.99. The van der Waals surface area contributed by atoms with E-state index in [9.17, 15) is 4.79 Å². The van der Waals surface area contributed by atoms with Gasteiger partial charge in [-0.25, -0.2) is 0 Å². The van der Waals surface area contributed by atoms with Gasteiger partial charge < -0.3 is 25.5 Å². The van der Waals surface area contributed by atoms with Gasteiger partial charge in [0.05, 0.1) is 12.2 Å². The second-order valence-corrected chi connectivity index (χ2v) is 3.83. The number of carbonyl (C=O) groups is 1. The first-order valence-electron chi connectivity index (χ1n) is 5.56. The number of aliphatic hydroxyl groups is 1. The molecule has 2 aromatic rings. The molecular formula is C14H14O6. The zero-order chi connectivity index (χ0) is 15.1. The zero-order valence-corrected chi connectivity index (χ0v) is 10.4. The number of carbonyl (C=O) groups excluding carboxylic acids is 1. The van der Waals surface area contributed by atoms with Gasteiger partial charge in [0.1, 0.15) is 23.0 Å². The minimum absolute atomic E-state index is 0.00491. The number of benzene rings is 2. The van der Waals surface area contributed by atoms with Gasteiger partial charge in [0.25, 0.3) is 0 Å². The molecule has 0 aliphatic rings. The van der Waals surface area contributed by atoms with Crippen molar-refractivity contribution in [2.24, 2.45) is 0 Å². The Morgan fingerprint density at radius 1 is 0.850 bits per heavy atom. The lowest BCUT2D eigenvalue weighted by Crippen LogP contribution is -1.82. The van der Waals surface area contributed by atoms with E-state index >= 15 is 0 Å². The van der Waals surface area contributed by atoms with Crippen LogP contribution in [0.4, 0.5) is 0 Å². The third-order valence-electron chi connectivity index (χ3n) is 2.38. The van der Waals surface area contributed by atoms with Crippen LogP contribution in [-0.2, 0) is 6.61 Å². The van der Waals surface area contributed by atoms with Crippen molar-refractivity contribution in [1.82, 2.24) is 0 Å². The smallest absolute Gasteiger partial charge is 0.153 e. The molecule has 6 heteroatoms. The first kappa shape index (κ1) is 15.3. The van der Waals surface area contributed by atoms with E-state index < -0.39 is 0 Å². The van der Waals surface area contributed by atoms with Crippen molar-refractivity contribution in [3.8, 4) is 23.0 Å². The lowest BCUT2D eigenvalue weighted by atomic mass is 10.2. The fraction of sp³-hybridized carbons (Fsp3) is 0.0714. The van der Waals surface area contributed by atoms with Crippen LogP contribution in [0.5, 0.6) is 23.0 Å². The number of aliphatic hydroxyl groups excluding tert-OH is 1. The minimum Gasteiger partial charge on any atom is -0.508 e. The van der Waals surface area contributed by atoms with Crippen molar-refractivity contribution < 1.29 is 30.3 Å². The minimum atomic E-state index is -0.216. The molecule has 0 unspecified atom stereocenters. The molecule has 5 N–H and O–H groups in total. The van der Waals surface area contributed by atoms with E-state index in [0.717, 1.165) is 6.07 Å². The molecule has 0 amide bonds. The third-order valence-corrected chi connectivity index (χ3v) is 2.38. The third kappa shape index (κ3) is 4.18. The fourth-order valence-electron chi connectivity index (χ4n) is 1.32. The topological polar surface area (TPSA) is 118 Å². The molecular weight excluding hydrogens is 264 g/mol. The van der Waals surface area contributed by atoms with Crippen LogP contribution in [0.1, 0.15) is 15.9 Å². The summed E-state index contributed by atoms with van der Waals surface area (Å²) in [6.07, 6.45) is 0.523. The van der Waals surface area contributed by atoms with E-state index in [0.29, 0.717) is 11.8 Å². The van der Waals surface area contributed by atoms with Crippen LogP contribution in [0.3, 0.4) is 0 Å². The molecule has 0 fully saturated rings. The molecule has 6 nitrogen and oxygen atoms in total. The number of aromatic hydroxyl groups is 4. The van der Waals surface area contributed by atoms with Gasteiger partial charge in [-0.1, -0.05) is 0 Å². The molecule has 20 heavy (non-hydrogen) atoms. The van der Waals surface area contributed by atoms with Gasteiger partial charge >= 0.3 is 0 Å². The Morgan fingerprint density at radius 2 is 1.40 bits per heavy atom. The van der Waals surface area contributed by atoms with Crippen LogP contribution in [-0.4, -0.2) is 31.8 Å². The van der Waals surface area contributed by atoms with E-state index in [1.54, 1.807) is 0 Å². The van der Waals surface area contributed by atoms with E-state index in [2.05, 4.69) is 0 Å². The Bertz CT molecular complexity index is 594. The van der Waals surface area contributed by atoms with Crippen LogP contribution < -0.4 is 0 Å². The van der Waals surface area contributed by atoms with E-state index in [-0.39, 0.29) is 35.2 Å². The summed E-state index contributed by atoms with van der Waals surface area (Å²) in [6, 6.07) is 7.85. The number of hydrogen-bond donors (Lipinski definition) is 5. The second kappa shape index (κ2) is 7.01. The molecule has 0 aliphatic heterocycles. The lowest BCUT2D eigenvalue weighted by Gasteiger charge is -1.99. The predicted molar refractivity (Wildman–Crippen MR) is 70.9 cm³/mol. The summed E-state index contributed by atoms with van der Waals surface area (Å²) in [7, 11) is 0. The summed E-state index contributed by atoms with van der Waals surface area (Å²) < 4.78 is 0. The summed E-state index contributed by atoms with van der Waals surface area (Å²) in [5.41, 5.74) is 0.593. The molecule has 0 bridgehead atoms. The molecule has 0 saturated heterocycles. The first-order chi connectivity index (χ1) is 9.47. The van der Waals surface area contributed by atoms with Crippen LogP contribution >= 0.6 is 0 Å². The summed E-state index contributed by atoms with van der Waals surface area (Å²) >= 11 is 0. The highest BCUT2D eigenvalue weighted by molar-refractivity contribution is 5.79. The summed E-state index contributed by atoms with van der Waals surface area (Å²) in [5.74, 6) is -0.338. The number of aldehydes is 1. The quantitative estimate of drug-likeness (QED) is 0.531. The van der Waals surface area contributed by atoms with Crippen molar-refractivity contribution >= 4 is 6.29 Å². The van der Waals surface area contributed by atoms with Gasteiger partial charge in [0, 0.05) is 17.7 Å². The van der Waals surface area contributed by atoms with Gasteiger partial charge in [-0.3, -0.25) is 4.79 Å². The number of rotatable bonds is 2. The molecule has 0 saturated carbocycles. The van der Waals surface area contributed by atoms with Crippen molar-refractivity contribution in [2.45, 2.75) is 6.61 Å². The average Bonchev–Trinajstić information content (AvgIpc) is 2.40. The highest BCUT2D eigenvalue weighted by Crippen LogP contribution is 2.22. The fourth-order valence-corrected chi connectivity index (χ4v) is 1.32. The van der Waals surface area contributed by atoms with Crippen molar-refractivity contribution in [3.05, 3.63) is 47.5 Å². The molecule has 0 spiro atoms. The lowest BCUT2D eigenvalue weighted by molar-refractivity contribution is 0.112. The Hall–Kier alpha value is -2.73. The maximum atomic E-state index is 10.1. The molecule has 0 aliphatic carbocycles. The van der Waals surface area contributed by atoms with Crippen LogP contribution in [0.25, 0.3) is 0 Å². The molecule has 106 valence electrons. The van der Waals surface area contributed by atoms with Gasteiger partial charge in [-0.15, -0.1) is 0 Å². The molecule has 0 aromatic heterocycles. The number of phenolic OH excluding ortho intramolecular Hbond substituents is 3. The van der Waals surface area contributed by atoms with Crippen LogP contribution in [0.15, 0.2) is 36.4 Å². The average molecular weight is 278 g/mol. The monoisotopic (exact) mass is 278 g/mol. The maximum absolute atomic E-state index is 10.1. The van der Waals surface area contributed by atoms with Crippen molar-refractivity contribution in [2.75, 3.05) is 0 Å². The molecule has 0 radical (unpaired) electrons. The first-order valence-corrected chi connectivity index (χ1v) is 5.56. The Kier molecular flexibility index (Phi) is 5.37. The SMILES string of the molecule is O=Cc1ccc(O)cc1O.OCc1ccc(O)cc1O. The number of hydrogen-bond acceptors (Lipinski definition) is 6. The Morgan fingerprint density at radius 3 is 1.85 bits per heavy atom. The van der Waals surface area contributed by atoms with Gasteiger partial charge in [0.2, 0.25) is 0 Å². The van der Waals surface area contributed by atoms with E-state index in [1.165, 1.54) is 30.3 Å². The van der Waals surface area contributed by atoms with E-state index in [1.807, 2.05) is 0 Å². The number of phenols is 4. The van der Waals surface area contributed by atoms with Gasteiger partial charge in [-0.05, 0) is 24.3 Å². The van der Waals surface area contributed by atoms with Gasteiger partial charge in [-0.2, -0.15) is 0 Å². The second-order valence-electron chi connectivity index (χ2n) is 3.83. The largest absolute Gasteiger partial charge is 0.508 e. The molecule has 2 aromatic carbocycles. The van der Waals surface area contributed by atoms with Crippen molar-refractivity contribution in [3.63, 3.8) is 0 Å². The highest BCUT2D eigenvalue weighted by atomic mass is 16.3. The molecule has 0 atom stereocenters. The summed E-state index contributed by atoms with van der Waals surface area (Å²) in [5, 5.41) is 44.0. The zero-order valence-electron chi connectivity index (χ0n) is 10.4. The maximum Gasteiger partial charge on any atom is 0.153 e. The summed E-state index contributed by atoms with van der Waals surface area (Å²) in [6.45, 7) is -0.216. The van der Waals surface area contributed by atoms with Gasteiger partial charge in [0.15, 0.2) is 6.29 Å². The normalized spacial score (nSPS) is 9.45. The predicted octanol–water partition coefficient (Wildman–Crippen LogP) is 1.50. The molecule has 2 rings (SSSR count). The Labute approximate surface area is 114 Å². The molecule has 0 heterocycles. The van der Waals surface area contributed by atoms with Crippen LogP contribution in [0, 0.1) is 0 Å². The van der Waals surface area contributed by atoms with E-state index in [4.69, 9.17) is 25.5 Å². The standard InChI is InChI=1S/C7H8O3.C7H6O3/c2*8-4-5-1-2-6(9)3-7(5)10/h1-3,8-10H,4H2;1-4,9-10H. The Balaban J connectivity index is 0.000000200. The van der Waals surface area contributed by atoms with Crippen LogP contribution in [0.2, 0.25) is 0 Å².